The van der Waals surface area contributed by atoms with Crippen LogP contribution in [-0.2, 0) is 10.8 Å². The predicted octanol–water partition coefficient (Wildman–Crippen LogP) is 12.0. The molecule has 16 heteroatoms. The summed E-state index contributed by atoms with van der Waals surface area (Å²) in [6.45, 7) is 3.33. The Balaban J connectivity index is 0.953. The summed E-state index contributed by atoms with van der Waals surface area (Å²) in [5, 5.41) is 0. The van der Waals surface area contributed by atoms with Gasteiger partial charge < -0.3 is 0 Å². The van der Waals surface area contributed by atoms with Gasteiger partial charge in [-0.1, -0.05) is 91.0 Å². The zero-order chi connectivity index (χ0) is 53.7. The quantitative estimate of drug-likeness (QED) is 0.118. The molecule has 0 bridgehead atoms. The van der Waals surface area contributed by atoms with Crippen molar-refractivity contribution in [2.75, 3.05) is 9.80 Å². The van der Waals surface area contributed by atoms with Crippen LogP contribution in [0.1, 0.15) is 153 Å². The summed E-state index contributed by atoms with van der Waals surface area (Å²) in [7, 11) is 0. The number of hydrogen-bond donors (Lipinski definition) is 0. The maximum absolute atomic E-state index is 15.5. The third kappa shape index (κ3) is 6.35. The Hall–Kier alpha value is -8.92. The van der Waals surface area contributed by atoms with Crippen LogP contribution in [0.3, 0.4) is 0 Å². The Morgan fingerprint density at radius 3 is 1.14 bits per heavy atom. The molecular formula is C60H36F6N2O8. The minimum Gasteiger partial charge on any atom is -0.294 e. The van der Waals surface area contributed by atoms with Gasteiger partial charge in [0.1, 0.15) is 0 Å². The molecule has 0 saturated heterocycles. The van der Waals surface area contributed by atoms with E-state index in [1.807, 2.05) is 54.6 Å². The van der Waals surface area contributed by atoms with Gasteiger partial charge in [-0.2, -0.15) is 26.3 Å². The number of hydrogen-bond acceptors (Lipinski definition) is 8. The lowest BCUT2D eigenvalue weighted by Gasteiger charge is -2.38. The van der Waals surface area contributed by atoms with E-state index in [-0.39, 0.29) is 70.0 Å². The number of benzene rings is 7. The molecule has 0 radical (unpaired) electrons. The van der Waals surface area contributed by atoms with E-state index < -0.39 is 92.6 Å². The average molecular weight is 1030 g/mol. The highest BCUT2D eigenvalue weighted by Crippen LogP contribution is 2.59. The Bertz CT molecular complexity index is 3810. The van der Waals surface area contributed by atoms with Gasteiger partial charge in [0.25, 0.3) is 23.6 Å². The molecule has 0 aromatic heterocycles. The fraction of sp³-hybridized carbons (Fsp3) is 0.167. The highest BCUT2D eigenvalue weighted by Gasteiger charge is 2.73. The maximum atomic E-state index is 15.5. The SMILES string of the molecule is Cc1cc(C2(c3ccc(N4C(=O)c5cc6c(cc5C4=O)C(=O)CCC6=O)c(C)c3)c3ccccc3-c3ccccc32)ccc1N1C(=O)c2ccc(C(c3ccc4c(c3)C(=O)CCC4=O)(C(F)(F)F)C(F)(F)F)cc2C1=O. The van der Waals surface area contributed by atoms with Crippen molar-refractivity contribution in [1.82, 2.24) is 0 Å². The first-order chi connectivity index (χ1) is 36.1. The molecule has 7 aromatic rings. The van der Waals surface area contributed by atoms with Gasteiger partial charge in [0.05, 0.1) is 39.0 Å². The molecule has 0 spiro atoms. The van der Waals surface area contributed by atoms with E-state index in [0.717, 1.165) is 39.3 Å². The van der Waals surface area contributed by atoms with Crippen LogP contribution in [0.2, 0.25) is 0 Å². The van der Waals surface area contributed by atoms with Gasteiger partial charge in [0.15, 0.2) is 23.1 Å². The maximum Gasteiger partial charge on any atom is 0.411 e. The third-order valence-corrected chi connectivity index (χ3v) is 15.7. The van der Waals surface area contributed by atoms with Gasteiger partial charge in [-0.05, 0) is 112 Å². The Morgan fingerprint density at radius 1 is 0.368 bits per heavy atom. The lowest BCUT2D eigenvalue weighted by atomic mass is 9.67. The van der Waals surface area contributed by atoms with Crippen molar-refractivity contribution in [2.45, 2.75) is 62.7 Å². The highest BCUT2D eigenvalue weighted by atomic mass is 19.4. The average Bonchev–Trinajstić information content (AvgIpc) is 4.11. The van der Waals surface area contributed by atoms with Crippen molar-refractivity contribution in [1.29, 1.82) is 0 Å². The number of alkyl halides is 6. The smallest absolute Gasteiger partial charge is 0.294 e. The molecule has 0 N–H and O–H groups in total. The number of amides is 4. The van der Waals surface area contributed by atoms with Gasteiger partial charge >= 0.3 is 12.4 Å². The third-order valence-electron chi connectivity index (χ3n) is 15.7. The second-order valence-electron chi connectivity index (χ2n) is 19.6. The van der Waals surface area contributed by atoms with Gasteiger partial charge in [-0.25, -0.2) is 9.80 Å². The molecule has 0 saturated carbocycles. The molecule has 2 aliphatic heterocycles. The summed E-state index contributed by atoms with van der Waals surface area (Å²) in [5.41, 5.74) is -4.96. The number of carbonyl (C=O) groups excluding carboxylic acids is 8. The van der Waals surface area contributed by atoms with Crippen LogP contribution in [0.5, 0.6) is 0 Å². The molecule has 5 aliphatic rings. The van der Waals surface area contributed by atoms with Gasteiger partial charge in [-0.15, -0.1) is 0 Å². The summed E-state index contributed by atoms with van der Waals surface area (Å²) >= 11 is 0. The van der Waals surface area contributed by atoms with Gasteiger partial charge in [0, 0.05) is 47.9 Å². The zero-order valence-corrected chi connectivity index (χ0v) is 40.0. The Morgan fingerprint density at radius 2 is 0.724 bits per heavy atom. The van der Waals surface area contributed by atoms with E-state index in [1.54, 1.807) is 38.1 Å². The summed E-state index contributed by atoms with van der Waals surface area (Å²) in [6, 6.07) is 31.5. The number of anilines is 2. The van der Waals surface area contributed by atoms with Crippen molar-refractivity contribution in [3.63, 3.8) is 0 Å². The van der Waals surface area contributed by atoms with E-state index >= 15 is 26.3 Å². The van der Waals surface area contributed by atoms with E-state index in [0.29, 0.717) is 51.4 Å². The standard InChI is InChI=1S/C60H36F6N2O8/c1-29-23-31(13-17-47(29)67-53(73)38-16-12-34(26-42(38)54(67)74)58(59(61,62)63,60(64,65)66)33-11-15-37-39(25-33)50(70)20-19-49(37)69)57(45-9-5-3-7-35(45)36-8-4-6-10-46(36)57)32-14-18-48(30(2)24-32)68-55(75)43-27-40-41(28-44(43)56(68)76)52(72)22-21-51(40)71/h3-18,23-28H,19-22H2,1-2H3. The second-order valence-corrected chi connectivity index (χ2v) is 19.6. The summed E-state index contributed by atoms with van der Waals surface area (Å²) < 4.78 is 92.7. The van der Waals surface area contributed by atoms with Crippen molar-refractivity contribution in [3.8, 4) is 11.1 Å². The van der Waals surface area contributed by atoms with Crippen LogP contribution >= 0.6 is 0 Å². The Kier molecular flexibility index (Phi) is 10.3. The molecule has 4 amide bonds. The fourth-order valence-electron chi connectivity index (χ4n) is 12.2. The summed E-state index contributed by atoms with van der Waals surface area (Å²) in [6.07, 6.45) is -12.9. The molecule has 376 valence electrons. The lowest BCUT2D eigenvalue weighted by Crippen LogP contribution is -2.55. The minimum atomic E-state index is -6.13. The molecule has 2 heterocycles. The molecule has 7 aromatic carbocycles. The number of rotatable bonds is 6. The van der Waals surface area contributed by atoms with Crippen molar-refractivity contribution in [3.05, 3.63) is 222 Å². The topological polar surface area (TPSA) is 143 Å². The van der Waals surface area contributed by atoms with Crippen LogP contribution in [0.25, 0.3) is 11.1 Å². The Labute approximate surface area is 427 Å². The minimum absolute atomic E-state index is 0.00121. The van der Waals surface area contributed by atoms with E-state index in [2.05, 4.69) is 0 Å². The molecule has 3 aliphatic carbocycles. The summed E-state index contributed by atoms with van der Waals surface area (Å²) in [5.74, 6) is -5.56. The van der Waals surface area contributed by atoms with Crippen LogP contribution in [0.15, 0.2) is 133 Å². The number of Topliss-reactive ketones (excluding diaryl/α,β-unsaturated/α-hetero) is 4. The van der Waals surface area contributed by atoms with Crippen molar-refractivity contribution < 1.29 is 64.7 Å². The number of carbonyl (C=O) groups is 8. The zero-order valence-electron chi connectivity index (χ0n) is 40.0. The van der Waals surface area contributed by atoms with Crippen LogP contribution < -0.4 is 9.80 Å². The van der Waals surface area contributed by atoms with Crippen LogP contribution in [-0.4, -0.2) is 59.1 Å². The van der Waals surface area contributed by atoms with Gasteiger partial charge in [0.2, 0.25) is 5.41 Å². The molecule has 0 unspecified atom stereocenters. The number of nitrogens with zero attached hydrogens (tertiary/aromatic N) is 2. The van der Waals surface area contributed by atoms with E-state index in [4.69, 9.17) is 0 Å². The van der Waals surface area contributed by atoms with Crippen LogP contribution in [0.4, 0.5) is 37.7 Å². The number of fused-ring (bicyclic) bond motifs is 7. The van der Waals surface area contributed by atoms with Crippen LogP contribution in [0, 0.1) is 13.8 Å². The first-order valence-corrected chi connectivity index (χ1v) is 24.0. The second kappa shape index (κ2) is 16.3. The fourth-order valence-corrected chi connectivity index (χ4v) is 12.2. The van der Waals surface area contributed by atoms with Gasteiger partial charge in [-0.3, -0.25) is 38.4 Å². The van der Waals surface area contributed by atoms with Crippen molar-refractivity contribution in [2.24, 2.45) is 0 Å². The van der Waals surface area contributed by atoms with E-state index in [1.165, 1.54) is 18.2 Å². The molecule has 12 rings (SSSR count). The monoisotopic (exact) mass is 1030 g/mol. The first-order valence-electron chi connectivity index (χ1n) is 24.0. The van der Waals surface area contributed by atoms with Crippen molar-refractivity contribution >= 4 is 58.1 Å². The largest absolute Gasteiger partial charge is 0.411 e. The predicted molar refractivity (Wildman–Crippen MR) is 264 cm³/mol. The molecule has 76 heavy (non-hydrogen) atoms. The molecule has 10 nitrogen and oxygen atoms in total. The number of imide groups is 2. The number of aryl methyl sites for hydroxylation is 2. The molecular weight excluding hydrogens is 991 g/mol. The first kappa shape index (κ1) is 48.0. The number of halogens is 6. The van der Waals surface area contributed by atoms with E-state index in [9.17, 15) is 38.4 Å². The molecule has 0 atom stereocenters. The number of ketones is 4. The summed E-state index contributed by atoms with van der Waals surface area (Å²) in [4.78, 5) is 110. The normalized spacial score (nSPS) is 16.7. The molecule has 0 fully saturated rings. The lowest BCUT2D eigenvalue weighted by molar-refractivity contribution is -0.288. The highest BCUT2D eigenvalue weighted by molar-refractivity contribution is 6.36.